The molecule has 174 valence electrons. The molecule has 2 fully saturated rings. The van der Waals surface area contributed by atoms with Crippen molar-refractivity contribution in [2.45, 2.75) is 38.8 Å². The van der Waals surface area contributed by atoms with Crippen LogP contribution in [0.15, 0.2) is 18.5 Å². The Hall–Kier alpha value is -1.91. The van der Waals surface area contributed by atoms with E-state index >= 15 is 0 Å². The number of aromatic nitrogens is 5. The summed E-state index contributed by atoms with van der Waals surface area (Å²) in [6.45, 7) is 6.36. The molecule has 0 radical (unpaired) electrons. The molecule has 0 amide bonds. The summed E-state index contributed by atoms with van der Waals surface area (Å²) >= 11 is 6.27. The lowest BCUT2D eigenvalue weighted by Crippen LogP contribution is -2.50. The van der Waals surface area contributed by atoms with Crippen LogP contribution < -0.4 is 15.4 Å². The van der Waals surface area contributed by atoms with Gasteiger partial charge in [0.25, 0.3) is 5.88 Å². The minimum absolute atomic E-state index is 0. The Morgan fingerprint density at radius 3 is 2.72 bits per heavy atom. The first kappa shape index (κ1) is 24.7. The van der Waals surface area contributed by atoms with Crippen molar-refractivity contribution in [3.63, 3.8) is 0 Å². The molecule has 0 aromatic carbocycles. The first-order chi connectivity index (χ1) is 14.5. The molecule has 0 aliphatic carbocycles. The molecule has 2 aliphatic heterocycles. The summed E-state index contributed by atoms with van der Waals surface area (Å²) in [5.41, 5.74) is 8.30. The van der Waals surface area contributed by atoms with Crippen molar-refractivity contribution in [1.82, 2.24) is 25.1 Å². The van der Waals surface area contributed by atoms with E-state index in [1.807, 2.05) is 6.92 Å². The van der Waals surface area contributed by atoms with Gasteiger partial charge >= 0.3 is 0 Å². The second-order valence-electron chi connectivity index (χ2n) is 8.16. The van der Waals surface area contributed by atoms with Gasteiger partial charge in [-0.15, -0.1) is 29.9 Å². The fraction of sp³-hybridized carbons (Fsp3) is 0.500. The molecular weight excluding hydrogens is 477 g/mol. The monoisotopic (exact) mass is 501 g/mol. The van der Waals surface area contributed by atoms with Crippen LogP contribution in [0.2, 0.25) is 5.02 Å². The van der Waals surface area contributed by atoms with E-state index < -0.39 is 0 Å². The zero-order valence-electron chi connectivity index (χ0n) is 17.7. The largest absolute Gasteiger partial charge is 0.434 e. The summed E-state index contributed by atoms with van der Waals surface area (Å²) in [6.07, 6.45) is 5.48. The Morgan fingerprint density at radius 1 is 1.28 bits per heavy atom. The van der Waals surface area contributed by atoms with Crippen LogP contribution in [0.4, 0.5) is 5.82 Å². The molecule has 1 spiro atoms. The molecule has 3 aromatic rings. The normalized spacial score (nSPS) is 21.9. The van der Waals surface area contributed by atoms with E-state index in [0.29, 0.717) is 33.5 Å². The van der Waals surface area contributed by atoms with Crippen molar-refractivity contribution in [3.05, 3.63) is 29.2 Å². The summed E-state index contributed by atoms with van der Waals surface area (Å²) in [4.78, 5) is 15.6. The summed E-state index contributed by atoms with van der Waals surface area (Å²) in [7, 11) is 0. The van der Waals surface area contributed by atoms with E-state index in [1.165, 1.54) is 0 Å². The first-order valence-corrected chi connectivity index (χ1v) is 10.5. The van der Waals surface area contributed by atoms with Gasteiger partial charge in [-0.3, -0.25) is 10.1 Å². The van der Waals surface area contributed by atoms with Crippen molar-refractivity contribution in [2.75, 3.05) is 24.6 Å². The van der Waals surface area contributed by atoms with Crippen LogP contribution in [0.1, 0.15) is 25.5 Å². The Labute approximate surface area is 203 Å². The lowest BCUT2D eigenvalue weighted by atomic mass is 9.73. The third kappa shape index (κ3) is 4.20. The average molecular weight is 503 g/mol. The molecule has 2 saturated heterocycles. The number of H-pyrrole nitrogens is 1. The number of nitrogens with one attached hydrogen (secondary N) is 1. The molecule has 2 aliphatic rings. The summed E-state index contributed by atoms with van der Waals surface area (Å²) in [5.74, 6) is 1.62. The summed E-state index contributed by atoms with van der Waals surface area (Å²) in [6, 6.07) is 1.78. The molecule has 5 rings (SSSR count). The number of ether oxygens (including phenoxy) is 2. The zero-order valence-corrected chi connectivity index (χ0v) is 20.1. The fourth-order valence-electron chi connectivity index (χ4n) is 4.36. The highest BCUT2D eigenvalue weighted by Crippen LogP contribution is 2.42. The highest BCUT2D eigenvalue weighted by molar-refractivity contribution is 6.32. The van der Waals surface area contributed by atoms with Crippen molar-refractivity contribution in [3.8, 4) is 11.6 Å². The van der Waals surface area contributed by atoms with Gasteiger partial charge in [0.15, 0.2) is 16.9 Å². The molecule has 32 heavy (non-hydrogen) atoms. The molecule has 5 heterocycles. The van der Waals surface area contributed by atoms with Gasteiger partial charge < -0.3 is 20.1 Å². The molecule has 9 nitrogen and oxygen atoms in total. The number of fused-ring (bicyclic) bond motifs is 1. The lowest BCUT2D eigenvalue weighted by Gasteiger charge is -2.41. The highest BCUT2D eigenvalue weighted by atomic mass is 35.5. The number of hydrogen-bond acceptors (Lipinski definition) is 8. The van der Waals surface area contributed by atoms with E-state index in [9.17, 15) is 0 Å². The highest BCUT2D eigenvalue weighted by Gasteiger charge is 2.47. The van der Waals surface area contributed by atoms with Gasteiger partial charge in [0.05, 0.1) is 24.6 Å². The van der Waals surface area contributed by atoms with Crippen LogP contribution in [-0.2, 0) is 4.74 Å². The van der Waals surface area contributed by atoms with Gasteiger partial charge in [-0.2, -0.15) is 0 Å². The van der Waals surface area contributed by atoms with Crippen LogP contribution in [0.5, 0.6) is 11.6 Å². The van der Waals surface area contributed by atoms with E-state index in [4.69, 9.17) is 31.8 Å². The van der Waals surface area contributed by atoms with Gasteiger partial charge in [-0.25, -0.2) is 9.97 Å². The van der Waals surface area contributed by atoms with Gasteiger partial charge in [0.2, 0.25) is 0 Å². The number of rotatable bonds is 3. The molecule has 0 unspecified atom stereocenters. The smallest absolute Gasteiger partial charge is 0.266 e. The predicted octanol–water partition coefficient (Wildman–Crippen LogP) is 3.68. The second-order valence-corrected chi connectivity index (χ2v) is 8.53. The quantitative estimate of drug-likeness (QED) is 0.557. The molecule has 0 bridgehead atoms. The van der Waals surface area contributed by atoms with E-state index in [0.717, 1.165) is 38.4 Å². The molecule has 2 atom stereocenters. The standard InChI is InChI=1S/C20H24ClN7O2.2ClH/c1-11-15(21)13(3-6-23-11)30-19-16-18(26-27-19)25-14(9-24-16)28-7-4-20(5-8-28)10-29-12(2)17(20)22;;/h3,6,9,12,17H,4-5,7-8,10,22H2,1-2H3,(H,25,26,27);2*1H/t12-,17+;;/m0../s1. The lowest BCUT2D eigenvalue weighted by molar-refractivity contribution is 0.0974. The number of aromatic amines is 1. The molecule has 3 N–H and O–H groups in total. The summed E-state index contributed by atoms with van der Waals surface area (Å²) in [5, 5.41) is 7.58. The van der Waals surface area contributed by atoms with Crippen molar-refractivity contribution in [1.29, 1.82) is 0 Å². The number of nitrogens with zero attached hydrogens (tertiary/aromatic N) is 5. The topological polar surface area (TPSA) is 115 Å². The van der Waals surface area contributed by atoms with E-state index in [2.05, 4.69) is 32.0 Å². The Kier molecular flexibility index (Phi) is 7.36. The third-order valence-corrected chi connectivity index (χ3v) is 6.85. The molecule has 3 aromatic heterocycles. The fourth-order valence-corrected chi connectivity index (χ4v) is 4.51. The van der Waals surface area contributed by atoms with Crippen LogP contribution in [0.25, 0.3) is 11.2 Å². The maximum absolute atomic E-state index is 6.42. The number of nitrogens with two attached hydrogens (primary N) is 1. The van der Waals surface area contributed by atoms with Gasteiger partial charge in [-0.1, -0.05) is 11.6 Å². The van der Waals surface area contributed by atoms with E-state index in [-0.39, 0.29) is 42.4 Å². The first-order valence-electron chi connectivity index (χ1n) is 10.1. The Morgan fingerprint density at radius 2 is 2.03 bits per heavy atom. The Balaban J connectivity index is 0.00000144. The zero-order chi connectivity index (χ0) is 20.9. The number of pyridine rings is 1. The number of hydrogen-bond donors (Lipinski definition) is 2. The molecule has 12 heteroatoms. The van der Waals surface area contributed by atoms with Crippen molar-refractivity contribution in [2.24, 2.45) is 11.1 Å². The summed E-state index contributed by atoms with van der Waals surface area (Å²) < 4.78 is 11.7. The molecule has 0 saturated carbocycles. The number of anilines is 1. The van der Waals surface area contributed by atoms with Gasteiger partial charge in [0, 0.05) is 36.8 Å². The third-order valence-electron chi connectivity index (χ3n) is 6.39. The minimum Gasteiger partial charge on any atom is -0.434 e. The maximum Gasteiger partial charge on any atom is 0.266 e. The maximum atomic E-state index is 6.42. The van der Waals surface area contributed by atoms with Gasteiger partial charge in [0.1, 0.15) is 10.8 Å². The van der Waals surface area contributed by atoms with Crippen LogP contribution in [-0.4, -0.2) is 57.0 Å². The number of halogens is 3. The van der Waals surface area contributed by atoms with Crippen molar-refractivity contribution < 1.29 is 9.47 Å². The SMILES string of the molecule is Cc1nccc(Oc2n[nH]c3nc(N4CCC5(CC4)CO[C@@H](C)[C@H]5N)cnc23)c1Cl.Cl.Cl. The predicted molar refractivity (Wildman–Crippen MR) is 128 cm³/mol. The molecular formula is C20H26Cl3N7O2. The van der Waals surface area contributed by atoms with Crippen molar-refractivity contribution >= 4 is 53.4 Å². The minimum atomic E-state index is 0. The second kappa shape index (κ2) is 9.52. The van der Waals surface area contributed by atoms with Crippen LogP contribution >= 0.6 is 36.4 Å². The van der Waals surface area contributed by atoms with E-state index in [1.54, 1.807) is 18.5 Å². The van der Waals surface area contributed by atoms with Gasteiger partial charge in [-0.05, 0) is 26.7 Å². The Bertz CT molecular complexity index is 1090. The van der Waals surface area contributed by atoms with Crippen LogP contribution in [0.3, 0.4) is 0 Å². The van der Waals surface area contributed by atoms with Crippen LogP contribution in [0, 0.1) is 12.3 Å². The average Bonchev–Trinajstić information content (AvgIpc) is 3.28. The number of aryl methyl sites for hydroxylation is 1. The number of piperidine rings is 1.